The van der Waals surface area contributed by atoms with Crippen molar-refractivity contribution in [1.29, 1.82) is 0 Å². The van der Waals surface area contributed by atoms with Gasteiger partial charge in [-0.3, -0.25) is 14.4 Å². The molecule has 28 heavy (non-hydrogen) atoms. The number of carbonyl (C=O) groups excluding carboxylic acids is 3. The first kappa shape index (κ1) is 21.4. The summed E-state index contributed by atoms with van der Waals surface area (Å²) in [5.74, 6) is -2.23. The second kappa shape index (κ2) is 9.87. The van der Waals surface area contributed by atoms with Crippen molar-refractivity contribution in [2.75, 3.05) is 10.6 Å². The lowest BCUT2D eigenvalue weighted by Crippen LogP contribution is -2.33. The minimum atomic E-state index is -0.967. The van der Waals surface area contributed by atoms with E-state index in [2.05, 4.69) is 21.2 Å². The first-order chi connectivity index (χ1) is 13.3. The van der Waals surface area contributed by atoms with Crippen LogP contribution in [0.3, 0.4) is 0 Å². The summed E-state index contributed by atoms with van der Waals surface area (Å²) in [5, 5.41) is 9.74. The molecule has 3 N–H and O–H groups in total. The molecule has 146 valence electrons. The van der Waals surface area contributed by atoms with Gasteiger partial charge in [-0.15, -0.1) is 0 Å². The number of anilines is 2. The predicted octanol–water partition coefficient (Wildman–Crippen LogP) is 3.76. The van der Waals surface area contributed by atoms with E-state index < -0.39 is 11.8 Å². The van der Waals surface area contributed by atoms with E-state index in [0.29, 0.717) is 32.7 Å². The lowest BCUT2D eigenvalue weighted by Gasteiger charge is -2.09. The quantitative estimate of drug-likeness (QED) is 0.389. The van der Waals surface area contributed by atoms with Gasteiger partial charge in [-0.2, -0.15) is 5.10 Å². The number of hydrogen-bond donors (Lipinski definition) is 3. The van der Waals surface area contributed by atoms with Crippen molar-refractivity contribution in [1.82, 2.24) is 5.43 Å². The highest BCUT2D eigenvalue weighted by atomic mass is 35.5. The lowest BCUT2D eigenvalue weighted by molar-refractivity contribution is -0.136. The van der Waals surface area contributed by atoms with Crippen molar-refractivity contribution in [3.05, 3.63) is 58.1 Å². The van der Waals surface area contributed by atoms with Gasteiger partial charge in [-0.1, -0.05) is 41.4 Å². The van der Waals surface area contributed by atoms with Crippen LogP contribution in [0.2, 0.25) is 10.0 Å². The number of nitrogens with one attached hydrogen (secondary N) is 3. The fourth-order valence-electron chi connectivity index (χ4n) is 2.15. The Morgan fingerprint density at radius 2 is 1.54 bits per heavy atom. The van der Waals surface area contributed by atoms with Crippen LogP contribution in [-0.4, -0.2) is 23.4 Å². The van der Waals surface area contributed by atoms with E-state index in [9.17, 15) is 14.4 Å². The van der Waals surface area contributed by atoms with Crippen LogP contribution in [-0.2, 0) is 14.4 Å². The Hall–Kier alpha value is -2.90. The van der Waals surface area contributed by atoms with Crippen LogP contribution in [0, 0.1) is 6.92 Å². The summed E-state index contributed by atoms with van der Waals surface area (Å²) in [4.78, 5) is 35.9. The molecular weight excluding hydrogens is 403 g/mol. The number of benzene rings is 2. The zero-order chi connectivity index (χ0) is 20.7. The number of hydrazone groups is 1. The van der Waals surface area contributed by atoms with E-state index in [1.807, 2.05) is 0 Å². The third-order valence-electron chi connectivity index (χ3n) is 3.63. The van der Waals surface area contributed by atoms with Gasteiger partial charge < -0.3 is 10.6 Å². The van der Waals surface area contributed by atoms with E-state index in [4.69, 9.17) is 23.2 Å². The van der Waals surface area contributed by atoms with Crippen LogP contribution in [0.1, 0.15) is 18.9 Å². The number of rotatable bonds is 5. The fourth-order valence-corrected chi connectivity index (χ4v) is 2.51. The summed E-state index contributed by atoms with van der Waals surface area (Å²) in [7, 11) is 0. The molecule has 0 unspecified atom stereocenters. The highest BCUT2D eigenvalue weighted by molar-refractivity contribution is 6.40. The molecule has 0 aromatic heterocycles. The van der Waals surface area contributed by atoms with Gasteiger partial charge in [0.25, 0.3) is 0 Å². The molecule has 0 saturated heterocycles. The second-order valence-electron chi connectivity index (χ2n) is 5.86. The maximum Gasteiger partial charge on any atom is 0.329 e. The molecule has 2 aromatic carbocycles. The van der Waals surface area contributed by atoms with Crippen LogP contribution in [0.25, 0.3) is 0 Å². The van der Waals surface area contributed by atoms with Crippen molar-refractivity contribution >= 4 is 58.0 Å². The normalized spacial score (nSPS) is 10.9. The van der Waals surface area contributed by atoms with E-state index in [1.165, 1.54) is 0 Å². The van der Waals surface area contributed by atoms with Crippen LogP contribution in [0.15, 0.2) is 47.6 Å². The van der Waals surface area contributed by atoms with Crippen LogP contribution >= 0.6 is 23.2 Å². The zero-order valence-corrected chi connectivity index (χ0v) is 16.7. The van der Waals surface area contributed by atoms with Crippen molar-refractivity contribution in [3.8, 4) is 0 Å². The minimum Gasteiger partial charge on any atom is -0.324 e. The number of hydrogen-bond acceptors (Lipinski definition) is 4. The second-order valence-corrected chi connectivity index (χ2v) is 6.67. The van der Waals surface area contributed by atoms with Gasteiger partial charge in [0.15, 0.2) is 0 Å². The molecule has 0 aliphatic carbocycles. The molecule has 9 heteroatoms. The number of carbonyl (C=O) groups is 3. The summed E-state index contributed by atoms with van der Waals surface area (Å²) >= 11 is 12.0. The first-order valence-corrected chi connectivity index (χ1v) is 8.97. The molecule has 7 nitrogen and oxygen atoms in total. The van der Waals surface area contributed by atoms with Crippen molar-refractivity contribution < 1.29 is 14.4 Å². The number of halogens is 2. The Kier molecular flexibility index (Phi) is 7.54. The van der Waals surface area contributed by atoms with E-state index in [1.54, 1.807) is 56.3 Å². The molecule has 3 amide bonds. The van der Waals surface area contributed by atoms with Gasteiger partial charge in [0.05, 0.1) is 17.1 Å². The minimum absolute atomic E-state index is 0.0828. The standard InChI is InChI=1S/C19H18Cl2N4O3/c1-11(10-17(26)22-16-8-4-3-6-14(16)21)24-25-19(28)18(27)23-15-9-5-7-13(20)12(15)2/h3-9H,10H2,1-2H3,(H,22,26)(H,23,27)(H,25,28). The average molecular weight is 421 g/mol. The average Bonchev–Trinajstić information content (AvgIpc) is 2.65. The fraction of sp³-hybridized carbons (Fsp3) is 0.158. The monoisotopic (exact) mass is 420 g/mol. The molecule has 0 bridgehead atoms. The van der Waals surface area contributed by atoms with Gasteiger partial charge in [-0.05, 0) is 43.7 Å². The van der Waals surface area contributed by atoms with Gasteiger partial charge >= 0.3 is 11.8 Å². The molecule has 2 aromatic rings. The summed E-state index contributed by atoms with van der Waals surface area (Å²) < 4.78 is 0. The molecule has 0 heterocycles. The molecular formula is C19H18Cl2N4O3. The molecule has 0 spiro atoms. The van der Waals surface area contributed by atoms with Crippen LogP contribution in [0.5, 0.6) is 0 Å². The SMILES string of the molecule is CC(CC(=O)Nc1ccccc1Cl)=NNC(=O)C(=O)Nc1cccc(Cl)c1C. The van der Waals surface area contributed by atoms with Gasteiger partial charge in [-0.25, -0.2) is 5.43 Å². The lowest BCUT2D eigenvalue weighted by atomic mass is 10.2. The highest BCUT2D eigenvalue weighted by Crippen LogP contribution is 2.23. The van der Waals surface area contributed by atoms with E-state index >= 15 is 0 Å². The topological polar surface area (TPSA) is 99.7 Å². The van der Waals surface area contributed by atoms with Crippen molar-refractivity contribution in [2.24, 2.45) is 5.10 Å². The Morgan fingerprint density at radius 3 is 2.25 bits per heavy atom. The summed E-state index contributed by atoms with van der Waals surface area (Å²) in [5.41, 5.74) is 3.96. The maximum absolute atomic E-state index is 12.0. The highest BCUT2D eigenvalue weighted by Gasteiger charge is 2.15. The molecule has 0 saturated carbocycles. The maximum atomic E-state index is 12.0. The number of amides is 3. The third-order valence-corrected chi connectivity index (χ3v) is 4.37. The molecule has 2 rings (SSSR count). The van der Waals surface area contributed by atoms with Crippen molar-refractivity contribution in [2.45, 2.75) is 20.3 Å². The predicted molar refractivity (Wildman–Crippen MR) is 111 cm³/mol. The molecule has 0 fully saturated rings. The van der Waals surface area contributed by atoms with E-state index in [-0.39, 0.29) is 12.3 Å². The van der Waals surface area contributed by atoms with Crippen LogP contribution < -0.4 is 16.1 Å². The third kappa shape index (κ3) is 6.07. The number of para-hydroxylation sites is 1. The Bertz CT molecular complexity index is 945. The Labute approximate surface area is 172 Å². The van der Waals surface area contributed by atoms with Crippen LogP contribution in [0.4, 0.5) is 11.4 Å². The summed E-state index contributed by atoms with van der Waals surface area (Å²) in [6.07, 6.45) is -0.0828. The largest absolute Gasteiger partial charge is 0.329 e. The van der Waals surface area contributed by atoms with Crippen molar-refractivity contribution in [3.63, 3.8) is 0 Å². The Balaban J connectivity index is 1.88. The first-order valence-electron chi connectivity index (χ1n) is 8.22. The summed E-state index contributed by atoms with van der Waals surface area (Å²) in [6, 6.07) is 11.8. The zero-order valence-electron chi connectivity index (χ0n) is 15.2. The molecule has 0 aliphatic heterocycles. The molecule has 0 radical (unpaired) electrons. The van der Waals surface area contributed by atoms with Gasteiger partial charge in [0.2, 0.25) is 5.91 Å². The molecule has 0 atom stereocenters. The van der Waals surface area contributed by atoms with Gasteiger partial charge in [0, 0.05) is 16.4 Å². The van der Waals surface area contributed by atoms with E-state index in [0.717, 1.165) is 0 Å². The summed E-state index contributed by atoms with van der Waals surface area (Å²) in [6.45, 7) is 3.27. The smallest absolute Gasteiger partial charge is 0.324 e. The Morgan fingerprint density at radius 1 is 0.893 bits per heavy atom. The molecule has 0 aliphatic rings. The van der Waals surface area contributed by atoms with Gasteiger partial charge in [0.1, 0.15) is 0 Å². The number of nitrogens with zero attached hydrogens (tertiary/aromatic N) is 1.